The van der Waals surface area contributed by atoms with Crippen molar-refractivity contribution in [3.8, 4) is 0 Å². The molecule has 0 spiro atoms. The fraction of sp³-hybridized carbons (Fsp3) is 0.333. The number of para-hydroxylation sites is 1. The molecule has 1 aromatic carbocycles. The summed E-state index contributed by atoms with van der Waals surface area (Å²) < 4.78 is 0. The molecule has 3 N–H and O–H groups in total. The van der Waals surface area contributed by atoms with Gasteiger partial charge in [0.05, 0.1) is 5.52 Å². The first-order valence-electron chi connectivity index (χ1n) is 5.45. The average molecular weight is 216 g/mol. The molecule has 0 radical (unpaired) electrons. The molecule has 2 aromatic rings. The molecule has 16 heavy (non-hydrogen) atoms. The first kappa shape index (κ1) is 10.8. The highest BCUT2D eigenvalue weighted by Gasteiger charge is 2.03. The molecule has 1 unspecified atom stereocenters. The summed E-state index contributed by atoms with van der Waals surface area (Å²) in [5, 5.41) is 4.36. The summed E-state index contributed by atoms with van der Waals surface area (Å²) in [7, 11) is 0. The smallest absolute Gasteiger partial charge is 0.137 e. The van der Waals surface area contributed by atoms with Gasteiger partial charge in [0, 0.05) is 11.9 Å². The van der Waals surface area contributed by atoms with Crippen LogP contribution in [0.1, 0.15) is 6.92 Å². The van der Waals surface area contributed by atoms with Gasteiger partial charge in [-0.25, -0.2) is 9.97 Å². The number of hydrogen-bond donors (Lipinski definition) is 2. The Bertz CT molecular complexity index is 464. The van der Waals surface area contributed by atoms with Gasteiger partial charge in [0.25, 0.3) is 0 Å². The van der Waals surface area contributed by atoms with Gasteiger partial charge in [0.1, 0.15) is 12.1 Å². The molecule has 0 saturated heterocycles. The highest BCUT2D eigenvalue weighted by Crippen LogP contribution is 2.18. The van der Waals surface area contributed by atoms with Crippen molar-refractivity contribution in [2.75, 3.05) is 18.4 Å². The van der Waals surface area contributed by atoms with Gasteiger partial charge in [0.15, 0.2) is 0 Å². The monoisotopic (exact) mass is 216 g/mol. The minimum atomic E-state index is 0.439. The summed E-state index contributed by atoms with van der Waals surface area (Å²) in [5.41, 5.74) is 6.53. The van der Waals surface area contributed by atoms with Crippen LogP contribution in [0.3, 0.4) is 0 Å². The SMILES string of the molecule is CC(CN)CNc1ncnc2ccccc12. The minimum absolute atomic E-state index is 0.439. The molecule has 0 aliphatic heterocycles. The number of anilines is 1. The number of fused-ring (bicyclic) bond motifs is 1. The Morgan fingerprint density at radius 1 is 1.31 bits per heavy atom. The van der Waals surface area contributed by atoms with E-state index in [1.165, 1.54) is 0 Å². The van der Waals surface area contributed by atoms with Gasteiger partial charge in [0.2, 0.25) is 0 Å². The van der Waals surface area contributed by atoms with Crippen molar-refractivity contribution in [3.63, 3.8) is 0 Å². The van der Waals surface area contributed by atoms with Gasteiger partial charge in [-0.3, -0.25) is 0 Å². The maximum Gasteiger partial charge on any atom is 0.137 e. The molecule has 0 saturated carbocycles. The van der Waals surface area contributed by atoms with E-state index in [9.17, 15) is 0 Å². The zero-order chi connectivity index (χ0) is 11.4. The summed E-state index contributed by atoms with van der Waals surface area (Å²) in [6.07, 6.45) is 1.58. The maximum absolute atomic E-state index is 5.58. The predicted molar refractivity (Wildman–Crippen MR) is 66.2 cm³/mol. The lowest BCUT2D eigenvalue weighted by atomic mass is 10.2. The number of nitrogens with zero attached hydrogens (tertiary/aromatic N) is 2. The van der Waals surface area contributed by atoms with E-state index in [0.717, 1.165) is 23.3 Å². The average Bonchev–Trinajstić information content (AvgIpc) is 2.35. The Kier molecular flexibility index (Phi) is 3.31. The van der Waals surface area contributed by atoms with Crippen molar-refractivity contribution in [1.29, 1.82) is 0 Å². The number of nitrogens with one attached hydrogen (secondary N) is 1. The molecule has 4 heteroatoms. The number of benzene rings is 1. The van der Waals surface area contributed by atoms with E-state index >= 15 is 0 Å². The van der Waals surface area contributed by atoms with Crippen molar-refractivity contribution < 1.29 is 0 Å². The number of hydrogen-bond acceptors (Lipinski definition) is 4. The number of rotatable bonds is 4. The molecule has 0 fully saturated rings. The predicted octanol–water partition coefficient (Wildman–Crippen LogP) is 1.64. The van der Waals surface area contributed by atoms with Crippen LogP contribution in [0.2, 0.25) is 0 Å². The molecule has 0 aliphatic carbocycles. The quantitative estimate of drug-likeness (QED) is 0.815. The third-order valence-corrected chi connectivity index (χ3v) is 2.56. The van der Waals surface area contributed by atoms with E-state index in [0.29, 0.717) is 12.5 Å². The van der Waals surface area contributed by atoms with Crippen molar-refractivity contribution in [1.82, 2.24) is 9.97 Å². The van der Waals surface area contributed by atoms with Crippen LogP contribution in [0.25, 0.3) is 10.9 Å². The zero-order valence-corrected chi connectivity index (χ0v) is 9.35. The van der Waals surface area contributed by atoms with Crippen molar-refractivity contribution >= 4 is 16.7 Å². The molecule has 0 bridgehead atoms. The van der Waals surface area contributed by atoms with E-state index in [1.807, 2.05) is 24.3 Å². The van der Waals surface area contributed by atoms with Crippen LogP contribution < -0.4 is 11.1 Å². The Balaban J connectivity index is 2.23. The molecule has 1 atom stereocenters. The van der Waals surface area contributed by atoms with Gasteiger partial charge in [-0.2, -0.15) is 0 Å². The summed E-state index contributed by atoms with van der Waals surface area (Å²) in [4.78, 5) is 8.46. The highest BCUT2D eigenvalue weighted by atomic mass is 15.0. The Morgan fingerprint density at radius 2 is 2.12 bits per heavy atom. The molecule has 2 rings (SSSR count). The first-order valence-corrected chi connectivity index (χ1v) is 5.45. The van der Waals surface area contributed by atoms with E-state index < -0.39 is 0 Å². The summed E-state index contributed by atoms with van der Waals surface area (Å²) in [6, 6.07) is 7.96. The van der Waals surface area contributed by atoms with Crippen LogP contribution in [0.5, 0.6) is 0 Å². The van der Waals surface area contributed by atoms with E-state index in [-0.39, 0.29) is 0 Å². The van der Waals surface area contributed by atoms with Gasteiger partial charge >= 0.3 is 0 Å². The van der Waals surface area contributed by atoms with Gasteiger partial charge in [-0.1, -0.05) is 19.1 Å². The first-order chi connectivity index (χ1) is 7.81. The molecular formula is C12H16N4. The Morgan fingerprint density at radius 3 is 2.94 bits per heavy atom. The molecule has 84 valence electrons. The second-order valence-electron chi connectivity index (χ2n) is 3.96. The largest absolute Gasteiger partial charge is 0.369 e. The van der Waals surface area contributed by atoms with Crippen molar-refractivity contribution in [2.45, 2.75) is 6.92 Å². The lowest BCUT2D eigenvalue weighted by molar-refractivity contribution is 0.627. The lowest BCUT2D eigenvalue weighted by Crippen LogP contribution is -2.20. The number of aromatic nitrogens is 2. The lowest BCUT2D eigenvalue weighted by Gasteiger charge is -2.11. The van der Waals surface area contributed by atoms with E-state index in [1.54, 1.807) is 6.33 Å². The normalized spacial score (nSPS) is 12.6. The van der Waals surface area contributed by atoms with Crippen LogP contribution in [0.15, 0.2) is 30.6 Å². The van der Waals surface area contributed by atoms with Crippen LogP contribution in [0, 0.1) is 5.92 Å². The highest BCUT2D eigenvalue weighted by molar-refractivity contribution is 5.88. The topological polar surface area (TPSA) is 63.8 Å². The molecule has 0 aliphatic rings. The molecule has 1 heterocycles. The van der Waals surface area contributed by atoms with E-state index in [2.05, 4.69) is 22.2 Å². The van der Waals surface area contributed by atoms with Crippen LogP contribution in [-0.2, 0) is 0 Å². The second-order valence-corrected chi connectivity index (χ2v) is 3.96. The Labute approximate surface area is 94.9 Å². The fourth-order valence-electron chi connectivity index (χ4n) is 1.50. The van der Waals surface area contributed by atoms with Crippen molar-refractivity contribution in [2.24, 2.45) is 11.7 Å². The van der Waals surface area contributed by atoms with Gasteiger partial charge in [-0.05, 0) is 24.6 Å². The van der Waals surface area contributed by atoms with Crippen LogP contribution in [0.4, 0.5) is 5.82 Å². The standard InChI is InChI=1S/C12H16N4/c1-9(6-13)7-14-12-10-4-2-3-5-11(10)15-8-16-12/h2-5,8-9H,6-7,13H2,1H3,(H,14,15,16). The van der Waals surface area contributed by atoms with Crippen molar-refractivity contribution in [3.05, 3.63) is 30.6 Å². The summed E-state index contributed by atoms with van der Waals surface area (Å²) in [5.74, 6) is 1.32. The van der Waals surface area contributed by atoms with Crippen LogP contribution in [-0.4, -0.2) is 23.1 Å². The van der Waals surface area contributed by atoms with Gasteiger partial charge in [-0.15, -0.1) is 0 Å². The van der Waals surface area contributed by atoms with Gasteiger partial charge < -0.3 is 11.1 Å². The fourth-order valence-corrected chi connectivity index (χ4v) is 1.50. The third-order valence-electron chi connectivity index (χ3n) is 2.56. The molecule has 0 amide bonds. The summed E-state index contributed by atoms with van der Waals surface area (Å²) >= 11 is 0. The zero-order valence-electron chi connectivity index (χ0n) is 9.35. The third kappa shape index (κ3) is 2.28. The molecular weight excluding hydrogens is 200 g/mol. The van der Waals surface area contributed by atoms with E-state index in [4.69, 9.17) is 5.73 Å². The second kappa shape index (κ2) is 4.90. The minimum Gasteiger partial charge on any atom is -0.369 e. The summed E-state index contributed by atoms with van der Waals surface area (Å²) in [6.45, 7) is 3.61. The van der Waals surface area contributed by atoms with Crippen LogP contribution >= 0.6 is 0 Å². The maximum atomic E-state index is 5.58. The Hall–Kier alpha value is -1.68. The number of nitrogens with two attached hydrogens (primary N) is 1. The molecule has 1 aromatic heterocycles. The molecule has 4 nitrogen and oxygen atoms in total.